The zero-order chi connectivity index (χ0) is 24.3. The molecule has 1 N–H and O–H groups in total. The highest BCUT2D eigenvalue weighted by atomic mass is 32.2. The highest BCUT2D eigenvalue weighted by molar-refractivity contribution is 7.98. The standard InChI is InChI=1S/C18H22N4O.C8H9NOS/c1-20-11-13-22(14-12-20)18(23)15-3-5-16(6-4-15)21(2)17-7-9-19-10-8-17;1-11-8-5-3-2-4-7(8)9-6-10/h3-10H,11-14H2,1-2H3;2-6H,1H3,(H,9,10). The van der Waals surface area contributed by atoms with Crippen LogP contribution in [-0.2, 0) is 4.79 Å². The quantitative estimate of drug-likeness (QED) is 0.424. The predicted octanol–water partition coefficient (Wildman–Crippen LogP) is 4.21. The zero-order valence-electron chi connectivity index (χ0n) is 19.8. The lowest BCUT2D eigenvalue weighted by atomic mass is 10.1. The number of nitrogens with zero attached hydrogens (tertiary/aromatic N) is 4. The van der Waals surface area contributed by atoms with E-state index in [1.165, 1.54) is 0 Å². The van der Waals surface area contributed by atoms with E-state index in [1.54, 1.807) is 24.2 Å². The van der Waals surface area contributed by atoms with Gasteiger partial charge in [-0.3, -0.25) is 14.6 Å². The molecular formula is C26H31N5O2S. The fourth-order valence-electron chi connectivity index (χ4n) is 3.56. The van der Waals surface area contributed by atoms with Crippen molar-refractivity contribution in [2.75, 3.05) is 56.7 Å². The van der Waals surface area contributed by atoms with E-state index in [-0.39, 0.29) is 5.91 Å². The summed E-state index contributed by atoms with van der Waals surface area (Å²) in [5.74, 6) is 0.121. The van der Waals surface area contributed by atoms with Crippen molar-refractivity contribution in [2.45, 2.75) is 4.90 Å². The molecule has 0 aliphatic carbocycles. The monoisotopic (exact) mass is 477 g/mol. The second-order valence-corrected chi connectivity index (χ2v) is 8.72. The summed E-state index contributed by atoms with van der Waals surface area (Å²) in [5, 5.41) is 2.63. The summed E-state index contributed by atoms with van der Waals surface area (Å²) in [4.78, 5) is 34.0. The van der Waals surface area contributed by atoms with Gasteiger partial charge in [-0.1, -0.05) is 12.1 Å². The van der Waals surface area contributed by atoms with Crippen LogP contribution in [0.25, 0.3) is 0 Å². The van der Waals surface area contributed by atoms with Crippen LogP contribution in [0.5, 0.6) is 0 Å². The van der Waals surface area contributed by atoms with Gasteiger partial charge in [0.05, 0.1) is 5.69 Å². The number of nitrogens with one attached hydrogen (secondary N) is 1. The third-order valence-corrected chi connectivity index (χ3v) is 6.46. The molecule has 178 valence electrons. The van der Waals surface area contributed by atoms with Crippen LogP contribution < -0.4 is 10.2 Å². The summed E-state index contributed by atoms with van der Waals surface area (Å²) < 4.78 is 0. The first-order valence-corrected chi connectivity index (χ1v) is 12.3. The van der Waals surface area contributed by atoms with E-state index in [2.05, 4.69) is 27.1 Å². The minimum absolute atomic E-state index is 0.121. The Labute approximate surface area is 205 Å². The first kappa shape index (κ1) is 25.3. The Hall–Kier alpha value is -3.36. The van der Waals surface area contributed by atoms with Crippen LogP contribution in [0.15, 0.2) is 78.0 Å². The minimum atomic E-state index is 0.121. The smallest absolute Gasteiger partial charge is 0.253 e. The van der Waals surface area contributed by atoms with Crippen molar-refractivity contribution < 1.29 is 9.59 Å². The van der Waals surface area contributed by atoms with Gasteiger partial charge in [0.15, 0.2) is 0 Å². The maximum absolute atomic E-state index is 12.5. The Balaban J connectivity index is 0.000000248. The molecule has 2 heterocycles. The number of amides is 2. The molecule has 1 aliphatic heterocycles. The summed E-state index contributed by atoms with van der Waals surface area (Å²) in [6, 6.07) is 19.4. The predicted molar refractivity (Wildman–Crippen MR) is 140 cm³/mol. The molecule has 0 bridgehead atoms. The van der Waals surface area contributed by atoms with Crippen LogP contribution in [0.1, 0.15) is 10.4 Å². The molecule has 4 rings (SSSR count). The second kappa shape index (κ2) is 12.8. The fraction of sp³-hybridized carbons (Fsp3) is 0.269. The summed E-state index contributed by atoms with van der Waals surface area (Å²) >= 11 is 1.61. The van der Waals surface area contributed by atoms with Crippen LogP contribution in [0.4, 0.5) is 17.1 Å². The number of anilines is 3. The molecule has 1 fully saturated rings. The number of piperazine rings is 1. The summed E-state index contributed by atoms with van der Waals surface area (Å²) in [7, 11) is 4.10. The van der Waals surface area contributed by atoms with Crippen molar-refractivity contribution >= 4 is 41.1 Å². The number of likely N-dealkylation sites (N-methyl/N-ethyl adjacent to an activating group) is 1. The Morgan fingerprint density at radius 3 is 2.21 bits per heavy atom. The van der Waals surface area contributed by atoms with E-state index in [0.717, 1.165) is 53.7 Å². The van der Waals surface area contributed by atoms with Gasteiger partial charge in [0, 0.05) is 67.5 Å². The lowest BCUT2D eigenvalue weighted by Gasteiger charge is -2.32. The van der Waals surface area contributed by atoms with Crippen molar-refractivity contribution in [2.24, 2.45) is 0 Å². The highest BCUT2D eigenvalue weighted by Crippen LogP contribution is 2.24. The Bertz CT molecular complexity index is 1050. The molecule has 0 saturated carbocycles. The number of benzene rings is 2. The number of carbonyl (C=O) groups is 2. The topological polar surface area (TPSA) is 68.8 Å². The molecule has 2 aromatic carbocycles. The molecule has 1 aliphatic rings. The van der Waals surface area contributed by atoms with Gasteiger partial charge in [0.2, 0.25) is 6.41 Å². The Morgan fingerprint density at radius 1 is 0.971 bits per heavy atom. The van der Waals surface area contributed by atoms with Crippen LogP contribution in [0, 0.1) is 0 Å². The first-order chi connectivity index (χ1) is 16.5. The lowest BCUT2D eigenvalue weighted by molar-refractivity contribution is -0.105. The average Bonchev–Trinajstić information content (AvgIpc) is 2.90. The van der Waals surface area contributed by atoms with Crippen LogP contribution in [-0.4, -0.2) is 73.6 Å². The van der Waals surface area contributed by atoms with Crippen LogP contribution in [0.2, 0.25) is 0 Å². The van der Waals surface area contributed by atoms with Gasteiger partial charge in [-0.15, -0.1) is 11.8 Å². The number of thioether (sulfide) groups is 1. The van der Waals surface area contributed by atoms with Gasteiger partial charge in [-0.05, 0) is 61.8 Å². The highest BCUT2D eigenvalue weighted by Gasteiger charge is 2.20. The zero-order valence-corrected chi connectivity index (χ0v) is 20.7. The molecule has 2 amide bonds. The van der Waals surface area contributed by atoms with Crippen molar-refractivity contribution in [1.29, 1.82) is 0 Å². The summed E-state index contributed by atoms with van der Waals surface area (Å²) in [6.07, 6.45) is 6.22. The van der Waals surface area contributed by atoms with E-state index in [9.17, 15) is 9.59 Å². The third-order valence-electron chi connectivity index (χ3n) is 5.66. The number of aromatic nitrogens is 1. The minimum Gasteiger partial charge on any atom is -0.345 e. The van der Waals surface area contributed by atoms with Crippen LogP contribution in [0.3, 0.4) is 0 Å². The third kappa shape index (κ3) is 6.82. The molecule has 0 radical (unpaired) electrons. The van der Waals surface area contributed by atoms with Crippen LogP contribution >= 0.6 is 11.8 Å². The van der Waals surface area contributed by atoms with Gasteiger partial charge in [-0.25, -0.2) is 0 Å². The molecule has 1 saturated heterocycles. The SMILES string of the molecule is CN1CCN(C(=O)c2ccc(N(C)c3ccncc3)cc2)CC1.CSc1ccccc1NC=O. The molecule has 0 spiro atoms. The molecule has 8 heteroatoms. The van der Waals surface area contributed by atoms with Crippen molar-refractivity contribution in [3.63, 3.8) is 0 Å². The Kier molecular flexibility index (Phi) is 9.49. The number of pyridine rings is 1. The Morgan fingerprint density at radius 2 is 1.59 bits per heavy atom. The maximum atomic E-state index is 12.5. The number of rotatable bonds is 6. The molecule has 0 atom stereocenters. The largest absolute Gasteiger partial charge is 0.345 e. The van der Waals surface area contributed by atoms with E-state index in [0.29, 0.717) is 6.41 Å². The average molecular weight is 478 g/mol. The lowest BCUT2D eigenvalue weighted by Crippen LogP contribution is -2.47. The van der Waals surface area contributed by atoms with Gasteiger partial charge in [-0.2, -0.15) is 0 Å². The summed E-state index contributed by atoms with van der Waals surface area (Å²) in [5.41, 5.74) is 3.74. The fourth-order valence-corrected chi connectivity index (χ4v) is 4.13. The normalized spacial score (nSPS) is 13.4. The number of hydrogen-bond donors (Lipinski definition) is 1. The molecule has 34 heavy (non-hydrogen) atoms. The van der Waals surface area contributed by atoms with Gasteiger partial charge >= 0.3 is 0 Å². The van der Waals surface area contributed by atoms with E-state index in [4.69, 9.17) is 0 Å². The maximum Gasteiger partial charge on any atom is 0.253 e. The number of carbonyl (C=O) groups excluding carboxylic acids is 2. The molecule has 7 nitrogen and oxygen atoms in total. The van der Waals surface area contributed by atoms with Gasteiger partial charge in [0.1, 0.15) is 0 Å². The number of hydrogen-bond acceptors (Lipinski definition) is 6. The van der Waals surface area contributed by atoms with E-state index >= 15 is 0 Å². The van der Waals surface area contributed by atoms with Crippen molar-refractivity contribution in [3.05, 3.63) is 78.6 Å². The molecular weight excluding hydrogens is 446 g/mol. The first-order valence-electron chi connectivity index (χ1n) is 11.1. The second-order valence-electron chi connectivity index (χ2n) is 7.87. The molecule has 3 aromatic rings. The molecule has 0 unspecified atom stereocenters. The van der Waals surface area contributed by atoms with Gasteiger partial charge < -0.3 is 20.0 Å². The van der Waals surface area contributed by atoms with Crippen molar-refractivity contribution in [1.82, 2.24) is 14.8 Å². The van der Waals surface area contributed by atoms with E-state index < -0.39 is 0 Å². The van der Waals surface area contributed by atoms with Crippen molar-refractivity contribution in [3.8, 4) is 0 Å². The number of para-hydroxylation sites is 1. The summed E-state index contributed by atoms with van der Waals surface area (Å²) in [6.45, 7) is 3.48. The van der Waals surface area contributed by atoms with E-state index in [1.807, 2.05) is 78.9 Å². The van der Waals surface area contributed by atoms with Gasteiger partial charge in [0.25, 0.3) is 5.91 Å². The molecule has 1 aromatic heterocycles.